The number of nitrogens with two attached hydrogens (primary N) is 1. The molecule has 2 bridgehead atoms. The van der Waals surface area contributed by atoms with Crippen LogP contribution in [0.4, 0.5) is 0 Å². The lowest BCUT2D eigenvalue weighted by Crippen LogP contribution is -2.40. The quantitative estimate of drug-likeness (QED) is 0.449. The van der Waals surface area contributed by atoms with Crippen molar-refractivity contribution in [1.82, 2.24) is 5.32 Å². The van der Waals surface area contributed by atoms with E-state index in [0.717, 1.165) is 5.92 Å². The standard InChI is InChI=1S/C8H12N2S/c9-8(11)10-7-4-5-1-2-6(7)3-5/h1-2,5-7H,3-4H2,(H3,9,10,11)/t5-,6-,7-/m0/s1. The van der Waals surface area contributed by atoms with Gasteiger partial charge < -0.3 is 11.1 Å². The van der Waals surface area contributed by atoms with Crippen LogP contribution in [0.5, 0.6) is 0 Å². The van der Waals surface area contributed by atoms with Crippen LogP contribution in [0.15, 0.2) is 12.2 Å². The van der Waals surface area contributed by atoms with Gasteiger partial charge in [0, 0.05) is 6.04 Å². The summed E-state index contributed by atoms with van der Waals surface area (Å²) < 4.78 is 0. The molecule has 0 unspecified atom stereocenters. The molecule has 0 aliphatic heterocycles. The molecule has 0 aromatic rings. The molecule has 0 heterocycles. The molecule has 2 nitrogen and oxygen atoms in total. The van der Waals surface area contributed by atoms with Crippen molar-refractivity contribution < 1.29 is 0 Å². The summed E-state index contributed by atoms with van der Waals surface area (Å²) >= 11 is 4.79. The van der Waals surface area contributed by atoms with E-state index < -0.39 is 0 Å². The van der Waals surface area contributed by atoms with E-state index >= 15 is 0 Å². The van der Waals surface area contributed by atoms with Crippen molar-refractivity contribution in [2.75, 3.05) is 0 Å². The van der Waals surface area contributed by atoms with Crippen molar-refractivity contribution in [3.05, 3.63) is 12.2 Å². The van der Waals surface area contributed by atoms with Gasteiger partial charge in [0.15, 0.2) is 5.11 Å². The molecule has 3 N–H and O–H groups in total. The third-order valence-corrected chi connectivity index (χ3v) is 2.72. The lowest BCUT2D eigenvalue weighted by atomic mass is 10.0. The van der Waals surface area contributed by atoms with E-state index in [1.165, 1.54) is 12.8 Å². The third kappa shape index (κ3) is 1.25. The van der Waals surface area contributed by atoms with Gasteiger partial charge in [-0.25, -0.2) is 0 Å². The molecule has 1 fully saturated rings. The molecular weight excluding hydrogens is 156 g/mol. The van der Waals surface area contributed by atoms with E-state index in [4.69, 9.17) is 18.0 Å². The average Bonchev–Trinajstić information content (AvgIpc) is 2.45. The van der Waals surface area contributed by atoms with Crippen LogP contribution in [-0.4, -0.2) is 11.2 Å². The summed E-state index contributed by atoms with van der Waals surface area (Å²) in [6, 6.07) is 0.516. The molecule has 0 saturated heterocycles. The van der Waals surface area contributed by atoms with E-state index in [0.29, 0.717) is 17.1 Å². The average molecular weight is 168 g/mol. The summed E-state index contributed by atoms with van der Waals surface area (Å²) in [5, 5.41) is 3.57. The van der Waals surface area contributed by atoms with E-state index in [1.54, 1.807) is 0 Å². The minimum Gasteiger partial charge on any atom is -0.376 e. The third-order valence-electron chi connectivity index (χ3n) is 2.61. The molecule has 60 valence electrons. The Kier molecular flexibility index (Phi) is 1.60. The highest BCUT2D eigenvalue weighted by Gasteiger charge is 2.35. The number of thiocarbonyl (C=S) groups is 1. The van der Waals surface area contributed by atoms with E-state index in [-0.39, 0.29) is 0 Å². The van der Waals surface area contributed by atoms with Crippen LogP contribution in [0, 0.1) is 11.8 Å². The first kappa shape index (κ1) is 7.10. The van der Waals surface area contributed by atoms with Crippen molar-refractivity contribution in [3.8, 4) is 0 Å². The largest absolute Gasteiger partial charge is 0.376 e. The highest BCUT2D eigenvalue weighted by atomic mass is 32.1. The van der Waals surface area contributed by atoms with Gasteiger partial charge in [0.1, 0.15) is 0 Å². The maximum atomic E-state index is 5.40. The molecule has 0 radical (unpaired) electrons. The van der Waals surface area contributed by atoms with Gasteiger partial charge in [-0.1, -0.05) is 12.2 Å². The van der Waals surface area contributed by atoms with Gasteiger partial charge in [0.2, 0.25) is 0 Å². The van der Waals surface area contributed by atoms with Gasteiger partial charge in [-0.2, -0.15) is 0 Å². The molecule has 2 aliphatic carbocycles. The first-order valence-electron chi connectivity index (χ1n) is 4.00. The number of hydrogen-bond acceptors (Lipinski definition) is 1. The molecule has 1 saturated carbocycles. The Bertz CT molecular complexity index is 212. The van der Waals surface area contributed by atoms with Crippen LogP contribution in [-0.2, 0) is 0 Å². The summed E-state index contributed by atoms with van der Waals surface area (Å²) in [6.07, 6.45) is 7.09. The van der Waals surface area contributed by atoms with Gasteiger partial charge in [-0.15, -0.1) is 0 Å². The van der Waals surface area contributed by atoms with Crippen LogP contribution in [0.2, 0.25) is 0 Å². The molecule has 0 spiro atoms. The minimum atomic E-state index is 0.441. The van der Waals surface area contributed by atoms with E-state index in [1.807, 2.05) is 0 Å². The fraction of sp³-hybridized carbons (Fsp3) is 0.625. The molecule has 3 atom stereocenters. The summed E-state index contributed by atoms with van der Waals surface area (Å²) in [4.78, 5) is 0. The van der Waals surface area contributed by atoms with Gasteiger partial charge in [0.05, 0.1) is 0 Å². The lowest BCUT2D eigenvalue weighted by molar-refractivity contribution is 0.525. The Morgan fingerprint density at radius 2 is 2.27 bits per heavy atom. The Balaban J connectivity index is 1.98. The molecule has 0 amide bonds. The smallest absolute Gasteiger partial charge is 0.163 e. The molecule has 0 aromatic carbocycles. The number of hydrogen-bond donors (Lipinski definition) is 2. The van der Waals surface area contributed by atoms with Crippen LogP contribution in [0.1, 0.15) is 12.8 Å². The zero-order valence-corrected chi connectivity index (χ0v) is 7.10. The Morgan fingerprint density at radius 1 is 1.45 bits per heavy atom. The predicted molar refractivity (Wildman–Crippen MR) is 49.1 cm³/mol. The van der Waals surface area contributed by atoms with Crippen LogP contribution in [0.25, 0.3) is 0 Å². The van der Waals surface area contributed by atoms with Crippen LogP contribution in [0.3, 0.4) is 0 Å². The molecule has 3 heteroatoms. The summed E-state index contributed by atoms with van der Waals surface area (Å²) in [7, 11) is 0. The van der Waals surface area contributed by atoms with Gasteiger partial charge in [-0.3, -0.25) is 0 Å². The van der Waals surface area contributed by atoms with E-state index in [9.17, 15) is 0 Å². The fourth-order valence-electron chi connectivity index (χ4n) is 2.13. The highest BCUT2D eigenvalue weighted by Crippen LogP contribution is 2.38. The fourth-order valence-corrected chi connectivity index (χ4v) is 2.28. The predicted octanol–water partition coefficient (Wildman–Crippen LogP) is 0.784. The maximum Gasteiger partial charge on any atom is 0.163 e. The first-order chi connectivity index (χ1) is 5.25. The Morgan fingerprint density at radius 3 is 2.73 bits per heavy atom. The SMILES string of the molecule is NC(=S)N[C@H]1C[C@H]2C=C[C@H]1C2. The molecule has 0 aromatic heterocycles. The summed E-state index contributed by atoms with van der Waals surface area (Å²) in [5.74, 6) is 1.47. The minimum absolute atomic E-state index is 0.441. The van der Waals surface area contributed by atoms with Gasteiger partial charge in [-0.05, 0) is 36.9 Å². The van der Waals surface area contributed by atoms with Crippen molar-refractivity contribution in [1.29, 1.82) is 0 Å². The Hall–Kier alpha value is -0.570. The van der Waals surface area contributed by atoms with Crippen LogP contribution < -0.4 is 11.1 Å². The molecular formula is C8H12N2S. The zero-order chi connectivity index (χ0) is 7.84. The van der Waals surface area contributed by atoms with Crippen molar-refractivity contribution >= 4 is 17.3 Å². The number of allylic oxidation sites excluding steroid dienone is 1. The normalized spacial score (nSPS) is 39.5. The maximum absolute atomic E-state index is 5.40. The molecule has 2 rings (SSSR count). The van der Waals surface area contributed by atoms with Crippen molar-refractivity contribution in [2.45, 2.75) is 18.9 Å². The second-order valence-corrected chi connectivity index (χ2v) is 3.84. The molecule has 11 heavy (non-hydrogen) atoms. The monoisotopic (exact) mass is 168 g/mol. The van der Waals surface area contributed by atoms with Crippen molar-refractivity contribution in [3.63, 3.8) is 0 Å². The first-order valence-corrected chi connectivity index (χ1v) is 4.41. The van der Waals surface area contributed by atoms with Crippen LogP contribution >= 0.6 is 12.2 Å². The number of nitrogens with one attached hydrogen (secondary N) is 1. The zero-order valence-electron chi connectivity index (χ0n) is 6.29. The Labute approximate surface area is 71.8 Å². The second kappa shape index (κ2) is 2.48. The summed E-state index contributed by atoms with van der Waals surface area (Å²) in [6.45, 7) is 0. The number of fused-ring (bicyclic) bond motifs is 2. The van der Waals surface area contributed by atoms with Gasteiger partial charge >= 0.3 is 0 Å². The lowest BCUT2D eigenvalue weighted by Gasteiger charge is -2.19. The molecule has 2 aliphatic rings. The number of rotatable bonds is 1. The van der Waals surface area contributed by atoms with Crippen molar-refractivity contribution in [2.24, 2.45) is 17.6 Å². The van der Waals surface area contributed by atoms with E-state index in [2.05, 4.69) is 17.5 Å². The second-order valence-electron chi connectivity index (χ2n) is 3.40. The highest BCUT2D eigenvalue weighted by molar-refractivity contribution is 7.80. The summed E-state index contributed by atoms with van der Waals surface area (Å²) in [5.41, 5.74) is 5.40. The topological polar surface area (TPSA) is 38.0 Å². The van der Waals surface area contributed by atoms with Gasteiger partial charge in [0.25, 0.3) is 0 Å².